The first-order chi connectivity index (χ1) is 8.03. The largest absolute Gasteiger partial charge is 0.406 e. The van der Waals surface area contributed by atoms with E-state index in [0.29, 0.717) is 19.8 Å². The molecule has 0 unspecified atom stereocenters. The van der Waals surface area contributed by atoms with E-state index in [1.54, 1.807) is 0 Å². The number of nitrogens with one attached hydrogen (secondary N) is 1. The molecule has 1 aromatic heterocycles. The average molecular weight is 251 g/mol. The van der Waals surface area contributed by atoms with Crippen molar-refractivity contribution in [1.29, 1.82) is 0 Å². The number of anilines is 1. The number of ether oxygens (including phenoxy) is 1. The van der Waals surface area contributed by atoms with Crippen molar-refractivity contribution < 1.29 is 17.9 Å². The molecule has 0 saturated heterocycles. The molecule has 0 spiro atoms. The van der Waals surface area contributed by atoms with Gasteiger partial charge in [-0.15, -0.1) is 0 Å². The number of nitrogens with zero attached hydrogens (tertiary/aromatic N) is 2. The number of hydrogen-bond acceptors (Lipinski definition) is 3. The van der Waals surface area contributed by atoms with Crippen LogP contribution in [0.3, 0.4) is 0 Å². The van der Waals surface area contributed by atoms with E-state index in [1.807, 2.05) is 6.92 Å². The second-order valence-electron chi connectivity index (χ2n) is 3.47. The van der Waals surface area contributed by atoms with Gasteiger partial charge in [-0.1, -0.05) is 0 Å². The van der Waals surface area contributed by atoms with Crippen molar-refractivity contribution in [2.75, 3.05) is 25.1 Å². The monoisotopic (exact) mass is 251 g/mol. The van der Waals surface area contributed by atoms with Gasteiger partial charge in [0.05, 0.1) is 0 Å². The molecule has 0 aliphatic carbocycles. The lowest BCUT2D eigenvalue weighted by Crippen LogP contribution is -2.19. The zero-order valence-electron chi connectivity index (χ0n) is 9.63. The zero-order valence-corrected chi connectivity index (χ0v) is 9.63. The fourth-order valence-electron chi connectivity index (χ4n) is 1.32. The Hall–Kier alpha value is -1.24. The second kappa shape index (κ2) is 6.48. The van der Waals surface area contributed by atoms with Gasteiger partial charge in [-0.3, -0.25) is 0 Å². The van der Waals surface area contributed by atoms with Crippen molar-refractivity contribution in [3.63, 3.8) is 0 Å². The minimum Gasteiger partial charge on any atom is -0.382 e. The van der Waals surface area contributed by atoms with Crippen LogP contribution in [-0.2, 0) is 11.3 Å². The molecule has 0 fully saturated rings. The van der Waals surface area contributed by atoms with Crippen molar-refractivity contribution in [3.05, 3.63) is 12.4 Å². The Morgan fingerprint density at radius 1 is 1.47 bits per heavy atom. The van der Waals surface area contributed by atoms with Crippen LogP contribution in [-0.4, -0.2) is 35.5 Å². The summed E-state index contributed by atoms with van der Waals surface area (Å²) in [5.41, 5.74) is 0. The highest BCUT2D eigenvalue weighted by Gasteiger charge is 2.28. The predicted octanol–water partition coefficient (Wildman–Crippen LogP) is 2.28. The van der Waals surface area contributed by atoms with Crippen LogP contribution in [0.2, 0.25) is 0 Å². The van der Waals surface area contributed by atoms with Crippen molar-refractivity contribution >= 4 is 5.95 Å². The standard InChI is InChI=1S/C10H16F3N3O/c1-2-17-7-3-4-14-9-15-5-6-16(9)8-10(11,12)13/h5-6H,2-4,7-8H2,1H3,(H,14,15). The molecule has 1 rings (SSSR count). The maximum atomic E-state index is 12.2. The molecule has 0 aliphatic rings. The summed E-state index contributed by atoms with van der Waals surface area (Å²) in [5, 5.41) is 2.85. The SMILES string of the molecule is CCOCCCNc1nccn1CC(F)(F)F. The summed E-state index contributed by atoms with van der Waals surface area (Å²) in [4.78, 5) is 3.83. The summed E-state index contributed by atoms with van der Waals surface area (Å²) in [6.45, 7) is 2.63. The van der Waals surface area contributed by atoms with Crippen LogP contribution in [0, 0.1) is 0 Å². The molecule has 98 valence electrons. The first-order valence-electron chi connectivity index (χ1n) is 5.42. The molecule has 4 nitrogen and oxygen atoms in total. The minimum atomic E-state index is -4.23. The Morgan fingerprint density at radius 2 is 2.24 bits per heavy atom. The Balaban J connectivity index is 2.36. The second-order valence-corrected chi connectivity index (χ2v) is 3.47. The topological polar surface area (TPSA) is 39.1 Å². The van der Waals surface area contributed by atoms with E-state index in [2.05, 4.69) is 10.3 Å². The maximum absolute atomic E-state index is 12.2. The molecule has 0 saturated carbocycles. The third-order valence-electron chi connectivity index (χ3n) is 2.02. The lowest BCUT2D eigenvalue weighted by Gasteiger charge is -2.11. The summed E-state index contributed by atoms with van der Waals surface area (Å²) in [6, 6.07) is 0. The number of imidazole rings is 1. The summed E-state index contributed by atoms with van der Waals surface area (Å²) in [6.07, 6.45) is -0.857. The molecular formula is C10H16F3N3O. The van der Waals surface area contributed by atoms with Crippen molar-refractivity contribution in [3.8, 4) is 0 Å². The lowest BCUT2D eigenvalue weighted by atomic mass is 10.4. The van der Waals surface area contributed by atoms with Gasteiger partial charge in [0.15, 0.2) is 0 Å². The third kappa shape index (κ3) is 5.58. The van der Waals surface area contributed by atoms with Crippen LogP contribution in [0.25, 0.3) is 0 Å². The van der Waals surface area contributed by atoms with E-state index in [0.717, 1.165) is 11.0 Å². The van der Waals surface area contributed by atoms with Gasteiger partial charge in [0.1, 0.15) is 6.54 Å². The first kappa shape index (κ1) is 13.8. The highest BCUT2D eigenvalue weighted by Crippen LogP contribution is 2.19. The highest BCUT2D eigenvalue weighted by atomic mass is 19.4. The van der Waals surface area contributed by atoms with E-state index in [-0.39, 0.29) is 5.95 Å². The molecule has 0 atom stereocenters. The van der Waals surface area contributed by atoms with E-state index >= 15 is 0 Å². The van der Waals surface area contributed by atoms with Crippen molar-refractivity contribution in [2.24, 2.45) is 0 Å². The molecule has 0 aliphatic heterocycles. The molecule has 0 amide bonds. The summed E-state index contributed by atoms with van der Waals surface area (Å²) < 4.78 is 42.7. The Bertz CT molecular complexity index is 325. The van der Waals surface area contributed by atoms with E-state index in [4.69, 9.17) is 4.74 Å². The number of halogens is 3. The molecule has 17 heavy (non-hydrogen) atoms. The molecule has 1 heterocycles. The zero-order chi connectivity index (χ0) is 12.7. The highest BCUT2D eigenvalue weighted by molar-refractivity contribution is 5.25. The quantitative estimate of drug-likeness (QED) is 0.756. The summed E-state index contributed by atoms with van der Waals surface area (Å²) in [7, 11) is 0. The van der Waals surface area contributed by atoms with Crippen LogP contribution < -0.4 is 5.32 Å². The van der Waals surface area contributed by atoms with Crippen LogP contribution in [0.1, 0.15) is 13.3 Å². The molecule has 0 bridgehead atoms. The van der Waals surface area contributed by atoms with Crippen LogP contribution >= 0.6 is 0 Å². The number of hydrogen-bond donors (Lipinski definition) is 1. The van der Waals surface area contributed by atoms with Gasteiger partial charge in [-0.2, -0.15) is 13.2 Å². The average Bonchev–Trinajstić information content (AvgIpc) is 2.63. The summed E-state index contributed by atoms with van der Waals surface area (Å²) >= 11 is 0. The minimum absolute atomic E-state index is 0.235. The number of alkyl halides is 3. The Labute approximate surface area is 97.8 Å². The van der Waals surface area contributed by atoms with Gasteiger partial charge < -0.3 is 14.6 Å². The van der Waals surface area contributed by atoms with Gasteiger partial charge >= 0.3 is 6.18 Å². The lowest BCUT2D eigenvalue weighted by molar-refractivity contribution is -0.140. The molecule has 0 radical (unpaired) electrons. The Morgan fingerprint density at radius 3 is 2.88 bits per heavy atom. The fourth-order valence-corrected chi connectivity index (χ4v) is 1.32. The first-order valence-corrected chi connectivity index (χ1v) is 5.42. The normalized spacial score (nSPS) is 11.8. The molecule has 1 aromatic rings. The van der Waals surface area contributed by atoms with Crippen LogP contribution in [0.4, 0.5) is 19.1 Å². The van der Waals surface area contributed by atoms with Crippen LogP contribution in [0.5, 0.6) is 0 Å². The van der Waals surface area contributed by atoms with E-state index in [9.17, 15) is 13.2 Å². The van der Waals surface area contributed by atoms with Gasteiger partial charge in [0.2, 0.25) is 5.95 Å². The Kier molecular flexibility index (Phi) is 5.27. The van der Waals surface area contributed by atoms with E-state index < -0.39 is 12.7 Å². The van der Waals surface area contributed by atoms with Gasteiger partial charge in [-0.05, 0) is 13.3 Å². The fraction of sp³-hybridized carbons (Fsp3) is 0.700. The van der Waals surface area contributed by atoms with Gasteiger partial charge in [0.25, 0.3) is 0 Å². The van der Waals surface area contributed by atoms with Crippen LogP contribution in [0.15, 0.2) is 12.4 Å². The van der Waals surface area contributed by atoms with Crippen molar-refractivity contribution in [1.82, 2.24) is 9.55 Å². The number of aromatic nitrogens is 2. The number of rotatable bonds is 7. The smallest absolute Gasteiger partial charge is 0.382 e. The summed E-state index contributed by atoms with van der Waals surface area (Å²) in [5.74, 6) is 0.235. The van der Waals surface area contributed by atoms with Gasteiger partial charge in [0, 0.05) is 32.2 Å². The third-order valence-corrected chi connectivity index (χ3v) is 2.02. The van der Waals surface area contributed by atoms with Gasteiger partial charge in [-0.25, -0.2) is 4.98 Å². The molecular weight excluding hydrogens is 235 g/mol. The molecule has 1 N–H and O–H groups in total. The maximum Gasteiger partial charge on any atom is 0.406 e. The van der Waals surface area contributed by atoms with E-state index in [1.165, 1.54) is 12.4 Å². The predicted molar refractivity (Wildman–Crippen MR) is 57.9 cm³/mol. The van der Waals surface area contributed by atoms with Crippen molar-refractivity contribution in [2.45, 2.75) is 26.1 Å². The molecule has 7 heteroatoms. The molecule has 0 aromatic carbocycles.